The van der Waals surface area contributed by atoms with Crippen molar-refractivity contribution in [3.05, 3.63) is 59.4 Å². The van der Waals surface area contributed by atoms with Crippen LogP contribution in [0.3, 0.4) is 0 Å². The zero-order chi connectivity index (χ0) is 13.0. The molecule has 0 aliphatic carbocycles. The van der Waals surface area contributed by atoms with Gasteiger partial charge in [0.15, 0.2) is 0 Å². The van der Waals surface area contributed by atoms with E-state index in [1.165, 1.54) is 11.1 Å². The molecule has 0 radical (unpaired) electrons. The molecule has 1 heterocycles. The minimum absolute atomic E-state index is 0.115. The number of rotatable bonds is 4. The number of methoxy groups -OCH3 is 1. The van der Waals surface area contributed by atoms with Crippen molar-refractivity contribution >= 4 is 0 Å². The molecule has 1 unspecified atom stereocenters. The molecule has 0 saturated heterocycles. The van der Waals surface area contributed by atoms with Gasteiger partial charge in [-0.15, -0.1) is 0 Å². The maximum absolute atomic E-state index is 5.43. The molecule has 18 heavy (non-hydrogen) atoms. The number of pyridine rings is 1. The molecule has 2 aromatic rings. The fraction of sp³-hybridized carbons (Fsp3) is 0.267. The van der Waals surface area contributed by atoms with Crippen molar-refractivity contribution in [1.82, 2.24) is 10.3 Å². The van der Waals surface area contributed by atoms with E-state index < -0.39 is 0 Å². The Bertz CT molecular complexity index is 525. The second-order valence-corrected chi connectivity index (χ2v) is 4.20. The molecule has 1 atom stereocenters. The van der Waals surface area contributed by atoms with E-state index in [9.17, 15) is 0 Å². The summed E-state index contributed by atoms with van der Waals surface area (Å²) in [6, 6.07) is 10.2. The number of nitrogens with zero attached hydrogens (tertiary/aromatic N) is 1. The first-order valence-electron chi connectivity index (χ1n) is 5.98. The SMILES string of the molecule is CNC(c1ccncc1C)c1ccccc1OC. The maximum atomic E-state index is 5.43. The highest BCUT2D eigenvalue weighted by atomic mass is 16.5. The van der Waals surface area contributed by atoms with Crippen LogP contribution < -0.4 is 10.1 Å². The Kier molecular flexibility index (Phi) is 3.95. The lowest BCUT2D eigenvalue weighted by Crippen LogP contribution is -2.19. The van der Waals surface area contributed by atoms with Crippen molar-refractivity contribution in [2.24, 2.45) is 0 Å². The molecular formula is C15H18N2O. The zero-order valence-electron chi connectivity index (χ0n) is 11.0. The van der Waals surface area contributed by atoms with Crippen molar-refractivity contribution in [3.8, 4) is 5.75 Å². The maximum Gasteiger partial charge on any atom is 0.123 e. The summed E-state index contributed by atoms with van der Waals surface area (Å²) in [5.74, 6) is 0.896. The van der Waals surface area contributed by atoms with E-state index >= 15 is 0 Å². The number of aryl methyl sites for hydroxylation is 1. The lowest BCUT2D eigenvalue weighted by atomic mass is 9.96. The molecule has 0 aliphatic rings. The second kappa shape index (κ2) is 5.65. The molecule has 0 amide bonds. The first kappa shape index (κ1) is 12.6. The highest BCUT2D eigenvalue weighted by Gasteiger charge is 2.17. The summed E-state index contributed by atoms with van der Waals surface area (Å²) in [4.78, 5) is 4.14. The molecule has 1 aromatic carbocycles. The van der Waals surface area contributed by atoms with Gasteiger partial charge in [0.05, 0.1) is 13.2 Å². The van der Waals surface area contributed by atoms with Crippen LogP contribution in [0.2, 0.25) is 0 Å². The van der Waals surface area contributed by atoms with Crippen molar-refractivity contribution in [3.63, 3.8) is 0 Å². The highest BCUT2D eigenvalue weighted by Crippen LogP contribution is 2.30. The van der Waals surface area contributed by atoms with E-state index in [1.54, 1.807) is 7.11 Å². The third-order valence-corrected chi connectivity index (χ3v) is 3.11. The molecule has 0 bridgehead atoms. The van der Waals surface area contributed by atoms with Crippen molar-refractivity contribution in [2.75, 3.05) is 14.2 Å². The van der Waals surface area contributed by atoms with E-state index in [1.807, 2.05) is 43.7 Å². The van der Waals surface area contributed by atoms with Gasteiger partial charge in [-0.1, -0.05) is 18.2 Å². The predicted molar refractivity (Wildman–Crippen MR) is 72.9 cm³/mol. The Morgan fingerprint density at radius 2 is 1.94 bits per heavy atom. The lowest BCUT2D eigenvalue weighted by Gasteiger charge is -2.21. The third-order valence-electron chi connectivity index (χ3n) is 3.11. The quantitative estimate of drug-likeness (QED) is 0.895. The van der Waals surface area contributed by atoms with Gasteiger partial charge in [-0.25, -0.2) is 0 Å². The first-order valence-corrected chi connectivity index (χ1v) is 5.98. The van der Waals surface area contributed by atoms with Gasteiger partial charge in [0, 0.05) is 18.0 Å². The number of para-hydroxylation sites is 1. The van der Waals surface area contributed by atoms with Crippen molar-refractivity contribution < 1.29 is 4.74 Å². The van der Waals surface area contributed by atoms with Crippen LogP contribution in [-0.2, 0) is 0 Å². The lowest BCUT2D eigenvalue weighted by molar-refractivity contribution is 0.405. The molecular weight excluding hydrogens is 224 g/mol. The Morgan fingerprint density at radius 1 is 1.17 bits per heavy atom. The van der Waals surface area contributed by atoms with Crippen LogP contribution in [0.1, 0.15) is 22.7 Å². The minimum atomic E-state index is 0.115. The summed E-state index contributed by atoms with van der Waals surface area (Å²) in [7, 11) is 3.65. The van der Waals surface area contributed by atoms with Crippen LogP contribution in [0.25, 0.3) is 0 Å². The van der Waals surface area contributed by atoms with Crippen LogP contribution in [0.4, 0.5) is 0 Å². The molecule has 1 aromatic heterocycles. The van der Waals surface area contributed by atoms with Crippen LogP contribution >= 0.6 is 0 Å². The molecule has 1 N–H and O–H groups in total. The van der Waals surface area contributed by atoms with Gasteiger partial charge in [0.25, 0.3) is 0 Å². The van der Waals surface area contributed by atoms with E-state index in [-0.39, 0.29) is 6.04 Å². The summed E-state index contributed by atoms with van der Waals surface area (Å²) in [5.41, 5.74) is 3.52. The van der Waals surface area contributed by atoms with E-state index in [0.29, 0.717) is 0 Å². The third kappa shape index (κ3) is 2.36. The molecule has 0 spiro atoms. The van der Waals surface area contributed by atoms with Gasteiger partial charge in [0.1, 0.15) is 5.75 Å². The minimum Gasteiger partial charge on any atom is -0.496 e. The molecule has 0 saturated carbocycles. The molecule has 0 fully saturated rings. The van der Waals surface area contributed by atoms with E-state index in [0.717, 1.165) is 11.3 Å². The second-order valence-electron chi connectivity index (χ2n) is 4.20. The number of nitrogens with one attached hydrogen (secondary N) is 1. The average Bonchev–Trinajstić information content (AvgIpc) is 2.42. The summed E-state index contributed by atoms with van der Waals surface area (Å²) in [6.45, 7) is 2.07. The van der Waals surface area contributed by atoms with Crippen molar-refractivity contribution in [2.45, 2.75) is 13.0 Å². The Hall–Kier alpha value is -1.87. The normalized spacial score (nSPS) is 12.2. The smallest absolute Gasteiger partial charge is 0.123 e. The van der Waals surface area contributed by atoms with Gasteiger partial charge in [-0.3, -0.25) is 4.98 Å². The van der Waals surface area contributed by atoms with Crippen LogP contribution in [0.15, 0.2) is 42.7 Å². The zero-order valence-corrected chi connectivity index (χ0v) is 11.0. The monoisotopic (exact) mass is 242 g/mol. The largest absolute Gasteiger partial charge is 0.496 e. The number of hydrogen-bond acceptors (Lipinski definition) is 3. The van der Waals surface area contributed by atoms with Gasteiger partial charge in [-0.2, -0.15) is 0 Å². The van der Waals surface area contributed by atoms with Gasteiger partial charge >= 0.3 is 0 Å². The van der Waals surface area contributed by atoms with Gasteiger partial charge in [-0.05, 0) is 37.2 Å². The van der Waals surface area contributed by atoms with Gasteiger partial charge < -0.3 is 10.1 Å². The topological polar surface area (TPSA) is 34.2 Å². The highest BCUT2D eigenvalue weighted by molar-refractivity contribution is 5.43. The average molecular weight is 242 g/mol. The Morgan fingerprint density at radius 3 is 2.61 bits per heavy atom. The summed E-state index contributed by atoms with van der Waals surface area (Å²) < 4.78 is 5.43. The molecule has 3 heteroatoms. The van der Waals surface area contributed by atoms with E-state index in [2.05, 4.69) is 23.3 Å². The van der Waals surface area contributed by atoms with E-state index in [4.69, 9.17) is 4.74 Å². The molecule has 2 rings (SSSR count). The first-order chi connectivity index (χ1) is 8.77. The van der Waals surface area contributed by atoms with Crippen LogP contribution in [-0.4, -0.2) is 19.1 Å². The fourth-order valence-electron chi connectivity index (χ4n) is 2.19. The summed E-state index contributed by atoms with van der Waals surface area (Å²) >= 11 is 0. The Labute approximate surface area is 108 Å². The van der Waals surface area contributed by atoms with Crippen LogP contribution in [0, 0.1) is 6.92 Å². The predicted octanol–water partition coefficient (Wildman–Crippen LogP) is 2.71. The van der Waals surface area contributed by atoms with Crippen LogP contribution in [0.5, 0.6) is 5.75 Å². The Balaban J connectivity index is 2.49. The van der Waals surface area contributed by atoms with Crippen molar-refractivity contribution in [1.29, 1.82) is 0 Å². The number of ether oxygens (including phenoxy) is 1. The number of hydrogen-bond donors (Lipinski definition) is 1. The summed E-state index contributed by atoms with van der Waals surface area (Å²) in [6.07, 6.45) is 3.71. The number of benzene rings is 1. The summed E-state index contributed by atoms with van der Waals surface area (Å²) in [5, 5.41) is 3.34. The standard InChI is InChI=1S/C15H18N2O/c1-11-10-17-9-8-12(11)15(16-2)13-6-4-5-7-14(13)18-3/h4-10,15-16H,1-3H3. The molecule has 0 aliphatic heterocycles. The molecule has 94 valence electrons. The number of aromatic nitrogens is 1. The molecule has 3 nitrogen and oxygen atoms in total. The van der Waals surface area contributed by atoms with Gasteiger partial charge in [0.2, 0.25) is 0 Å². The fourth-order valence-corrected chi connectivity index (χ4v) is 2.19.